The van der Waals surface area contributed by atoms with Gasteiger partial charge in [-0.2, -0.15) is 5.10 Å². The minimum Gasteiger partial charge on any atom is -0.477 e. The lowest BCUT2D eigenvalue weighted by molar-refractivity contribution is 0.0685. The molecule has 94 valence electrons. The van der Waals surface area contributed by atoms with Crippen LogP contribution in [-0.4, -0.2) is 45.4 Å². The number of aromatic nitrogens is 2. The molecule has 1 aliphatic heterocycles. The quantitative estimate of drug-likeness (QED) is 0.861. The van der Waals surface area contributed by atoms with Gasteiger partial charge in [0, 0.05) is 13.0 Å². The van der Waals surface area contributed by atoms with Crippen molar-refractivity contribution in [1.29, 1.82) is 0 Å². The Morgan fingerprint density at radius 3 is 2.65 bits per heavy atom. The van der Waals surface area contributed by atoms with Crippen molar-refractivity contribution >= 4 is 5.97 Å². The fourth-order valence-electron chi connectivity index (χ4n) is 2.43. The van der Waals surface area contributed by atoms with Crippen molar-refractivity contribution in [1.82, 2.24) is 14.7 Å². The summed E-state index contributed by atoms with van der Waals surface area (Å²) in [6, 6.07) is 1.72. The van der Waals surface area contributed by atoms with E-state index < -0.39 is 5.97 Å². The third-order valence-electron chi connectivity index (χ3n) is 3.57. The Labute approximate surface area is 101 Å². The highest BCUT2D eigenvalue weighted by molar-refractivity contribution is 5.85. The summed E-state index contributed by atoms with van der Waals surface area (Å²) in [7, 11) is 1.69. The first-order valence-corrected chi connectivity index (χ1v) is 6.11. The fraction of sp³-hybridized carbons (Fsp3) is 0.667. The average molecular weight is 237 g/mol. The van der Waals surface area contributed by atoms with E-state index in [-0.39, 0.29) is 5.69 Å². The molecule has 2 rings (SSSR count). The first-order valence-electron chi connectivity index (χ1n) is 6.11. The third kappa shape index (κ3) is 2.49. The topological polar surface area (TPSA) is 58.4 Å². The van der Waals surface area contributed by atoms with Crippen LogP contribution in [0.5, 0.6) is 0 Å². The van der Waals surface area contributed by atoms with Gasteiger partial charge in [-0.15, -0.1) is 0 Å². The van der Waals surface area contributed by atoms with Crippen LogP contribution >= 0.6 is 0 Å². The summed E-state index contributed by atoms with van der Waals surface area (Å²) >= 11 is 0. The number of likely N-dealkylation sites (tertiary alicyclic amines) is 1. The predicted molar refractivity (Wildman–Crippen MR) is 64.3 cm³/mol. The standard InChI is InChI=1S/C12H19N3O2/c1-3-15-6-4-9(5-7-15)10-8-11(12(16)17)14(2)13-10/h8-9H,3-7H2,1-2H3,(H,16,17). The number of carbonyl (C=O) groups is 1. The van der Waals surface area contributed by atoms with Crippen molar-refractivity contribution in [2.45, 2.75) is 25.7 Å². The van der Waals surface area contributed by atoms with E-state index in [9.17, 15) is 4.79 Å². The molecule has 1 N–H and O–H groups in total. The minimum atomic E-state index is -0.905. The van der Waals surface area contributed by atoms with Crippen molar-refractivity contribution in [2.75, 3.05) is 19.6 Å². The summed E-state index contributed by atoms with van der Waals surface area (Å²) in [5, 5.41) is 13.3. The fourth-order valence-corrected chi connectivity index (χ4v) is 2.43. The monoisotopic (exact) mass is 237 g/mol. The van der Waals surface area contributed by atoms with E-state index in [2.05, 4.69) is 16.9 Å². The van der Waals surface area contributed by atoms with E-state index in [1.54, 1.807) is 13.1 Å². The van der Waals surface area contributed by atoms with Crippen molar-refractivity contribution < 1.29 is 9.90 Å². The number of hydrogen-bond donors (Lipinski definition) is 1. The zero-order chi connectivity index (χ0) is 12.4. The number of rotatable bonds is 3. The Hall–Kier alpha value is -1.36. The van der Waals surface area contributed by atoms with Gasteiger partial charge in [-0.25, -0.2) is 4.79 Å². The number of carboxylic acid groups (broad SMARTS) is 1. The van der Waals surface area contributed by atoms with Gasteiger partial charge in [0.2, 0.25) is 0 Å². The van der Waals surface area contributed by atoms with Crippen LogP contribution in [0.4, 0.5) is 0 Å². The molecule has 5 nitrogen and oxygen atoms in total. The van der Waals surface area contributed by atoms with Crippen LogP contribution in [0.15, 0.2) is 6.07 Å². The predicted octanol–water partition coefficient (Wildman–Crippen LogP) is 1.32. The van der Waals surface area contributed by atoms with Crippen LogP contribution in [0.2, 0.25) is 0 Å². The maximum absolute atomic E-state index is 10.9. The smallest absolute Gasteiger partial charge is 0.354 e. The van der Waals surface area contributed by atoms with Crippen molar-refractivity contribution in [2.24, 2.45) is 7.05 Å². The molecule has 0 atom stereocenters. The van der Waals surface area contributed by atoms with E-state index in [1.165, 1.54) is 4.68 Å². The molecule has 0 aromatic carbocycles. The first-order chi connectivity index (χ1) is 8.11. The van der Waals surface area contributed by atoms with Gasteiger partial charge in [0.25, 0.3) is 0 Å². The Morgan fingerprint density at radius 2 is 2.18 bits per heavy atom. The van der Waals surface area contributed by atoms with Crippen LogP contribution in [0.3, 0.4) is 0 Å². The van der Waals surface area contributed by atoms with Crippen LogP contribution in [0.25, 0.3) is 0 Å². The van der Waals surface area contributed by atoms with E-state index >= 15 is 0 Å². The lowest BCUT2D eigenvalue weighted by Crippen LogP contribution is -2.32. The molecule has 0 radical (unpaired) electrons. The summed E-state index contributed by atoms with van der Waals surface area (Å²) in [5.41, 5.74) is 1.21. The first kappa shape index (κ1) is 12.1. The van der Waals surface area contributed by atoms with E-state index in [0.717, 1.165) is 38.2 Å². The van der Waals surface area contributed by atoms with Gasteiger partial charge in [0.1, 0.15) is 5.69 Å². The molecule has 0 aliphatic carbocycles. The maximum atomic E-state index is 10.9. The number of aromatic carboxylic acids is 1. The molecule has 0 saturated carbocycles. The van der Waals surface area contributed by atoms with Crippen molar-refractivity contribution in [3.63, 3.8) is 0 Å². The number of carboxylic acids is 1. The normalized spacial score (nSPS) is 18.5. The van der Waals surface area contributed by atoms with E-state index in [4.69, 9.17) is 5.11 Å². The molecule has 0 bridgehead atoms. The van der Waals surface area contributed by atoms with Crippen LogP contribution in [0, 0.1) is 0 Å². The van der Waals surface area contributed by atoms with Gasteiger partial charge in [-0.1, -0.05) is 6.92 Å². The number of nitrogens with zero attached hydrogens (tertiary/aromatic N) is 3. The lowest BCUT2D eigenvalue weighted by atomic mass is 9.93. The molecule has 1 saturated heterocycles. The number of hydrogen-bond acceptors (Lipinski definition) is 3. The van der Waals surface area contributed by atoms with Crippen molar-refractivity contribution in [3.05, 3.63) is 17.5 Å². The molecule has 2 heterocycles. The molecule has 17 heavy (non-hydrogen) atoms. The zero-order valence-corrected chi connectivity index (χ0v) is 10.4. The third-order valence-corrected chi connectivity index (χ3v) is 3.57. The van der Waals surface area contributed by atoms with Crippen molar-refractivity contribution in [3.8, 4) is 0 Å². The summed E-state index contributed by atoms with van der Waals surface area (Å²) < 4.78 is 1.46. The summed E-state index contributed by atoms with van der Waals surface area (Å²) in [5.74, 6) is -0.491. The molecule has 1 aromatic rings. The number of piperidine rings is 1. The second-order valence-corrected chi connectivity index (χ2v) is 4.59. The van der Waals surface area contributed by atoms with Gasteiger partial charge in [-0.05, 0) is 38.5 Å². The maximum Gasteiger partial charge on any atom is 0.354 e. The van der Waals surface area contributed by atoms with Crippen LogP contribution < -0.4 is 0 Å². The van der Waals surface area contributed by atoms with Gasteiger partial charge < -0.3 is 10.0 Å². The van der Waals surface area contributed by atoms with Crippen LogP contribution in [-0.2, 0) is 7.05 Å². The van der Waals surface area contributed by atoms with Gasteiger partial charge in [-0.3, -0.25) is 4.68 Å². The molecular formula is C12H19N3O2. The lowest BCUT2D eigenvalue weighted by Gasteiger charge is -2.30. The van der Waals surface area contributed by atoms with Crippen LogP contribution in [0.1, 0.15) is 41.9 Å². The second-order valence-electron chi connectivity index (χ2n) is 4.59. The molecule has 1 aromatic heterocycles. The molecule has 0 unspecified atom stereocenters. The molecular weight excluding hydrogens is 218 g/mol. The summed E-state index contributed by atoms with van der Waals surface area (Å²) in [4.78, 5) is 13.4. The Bertz CT molecular complexity index is 406. The highest BCUT2D eigenvalue weighted by Gasteiger charge is 2.23. The molecule has 0 spiro atoms. The Balaban J connectivity index is 2.08. The van der Waals surface area contributed by atoms with E-state index in [1.807, 2.05) is 0 Å². The number of aryl methyl sites for hydroxylation is 1. The Morgan fingerprint density at radius 1 is 1.53 bits per heavy atom. The SMILES string of the molecule is CCN1CCC(c2cc(C(=O)O)n(C)n2)CC1. The molecule has 1 aliphatic rings. The van der Waals surface area contributed by atoms with E-state index in [0.29, 0.717) is 5.92 Å². The summed E-state index contributed by atoms with van der Waals surface area (Å²) in [6.45, 7) is 5.43. The largest absolute Gasteiger partial charge is 0.477 e. The highest BCUT2D eigenvalue weighted by atomic mass is 16.4. The summed E-state index contributed by atoms with van der Waals surface area (Å²) in [6.07, 6.45) is 2.15. The molecule has 5 heteroatoms. The van der Waals surface area contributed by atoms with Gasteiger partial charge in [0.05, 0.1) is 5.69 Å². The minimum absolute atomic E-state index is 0.276. The average Bonchev–Trinajstić information content (AvgIpc) is 2.71. The Kier molecular flexibility index (Phi) is 3.47. The zero-order valence-electron chi connectivity index (χ0n) is 10.4. The highest BCUT2D eigenvalue weighted by Crippen LogP contribution is 2.27. The second kappa shape index (κ2) is 4.87. The molecule has 1 fully saturated rings. The van der Waals surface area contributed by atoms with Gasteiger partial charge in [0.15, 0.2) is 0 Å². The molecule has 0 amide bonds. The van der Waals surface area contributed by atoms with Gasteiger partial charge >= 0.3 is 5.97 Å².